The monoisotopic (exact) mass is 425 g/mol. The summed E-state index contributed by atoms with van der Waals surface area (Å²) in [7, 11) is 0. The molecule has 0 N–H and O–H groups in total. The van der Waals surface area contributed by atoms with Gasteiger partial charge in [-0.1, -0.05) is 16.8 Å². The number of aromatic nitrogens is 2. The minimum Gasteiger partial charge on any atom is -0.482 e. The van der Waals surface area contributed by atoms with E-state index >= 15 is 0 Å². The van der Waals surface area contributed by atoms with Crippen LogP contribution in [0.15, 0.2) is 47.0 Å². The second kappa shape index (κ2) is 7.28. The second-order valence-electron chi connectivity index (χ2n) is 5.96. The molecule has 0 unspecified atom stereocenters. The van der Waals surface area contributed by atoms with Gasteiger partial charge in [-0.2, -0.15) is 4.98 Å². The van der Waals surface area contributed by atoms with Crippen molar-refractivity contribution in [2.24, 2.45) is 0 Å². The van der Waals surface area contributed by atoms with Crippen LogP contribution in [0, 0.1) is 0 Å². The van der Waals surface area contributed by atoms with Gasteiger partial charge in [-0.15, -0.1) is 13.2 Å². The Kier molecular flexibility index (Phi) is 4.79. The molecular weight excluding hydrogens is 415 g/mol. The Morgan fingerprint density at radius 3 is 2.66 bits per heavy atom. The van der Waals surface area contributed by atoms with Gasteiger partial charge in [0.15, 0.2) is 6.61 Å². The summed E-state index contributed by atoms with van der Waals surface area (Å²) in [6.07, 6.45) is -4.77. The lowest BCUT2D eigenvalue weighted by molar-refractivity contribution is -0.274. The number of fused-ring (bicyclic) bond motifs is 1. The van der Waals surface area contributed by atoms with Crippen LogP contribution in [0.25, 0.3) is 11.4 Å². The number of benzene rings is 2. The first-order valence-corrected chi connectivity index (χ1v) is 8.58. The molecule has 29 heavy (non-hydrogen) atoms. The first kappa shape index (κ1) is 19.1. The zero-order valence-corrected chi connectivity index (χ0v) is 15.2. The highest BCUT2D eigenvalue weighted by Crippen LogP contribution is 2.35. The molecule has 0 aliphatic carbocycles. The van der Waals surface area contributed by atoms with Crippen LogP contribution in [-0.2, 0) is 11.3 Å². The maximum absolute atomic E-state index is 12.2. The summed E-state index contributed by atoms with van der Waals surface area (Å²) in [5.41, 5.74) is 0.939. The highest BCUT2D eigenvalue weighted by atomic mass is 35.5. The predicted molar refractivity (Wildman–Crippen MR) is 94.6 cm³/mol. The third-order valence-electron chi connectivity index (χ3n) is 3.97. The molecule has 2 heterocycles. The Balaban J connectivity index is 1.52. The van der Waals surface area contributed by atoms with Gasteiger partial charge in [-0.3, -0.25) is 9.69 Å². The fourth-order valence-corrected chi connectivity index (χ4v) is 2.89. The quantitative estimate of drug-likeness (QED) is 0.623. The van der Waals surface area contributed by atoms with E-state index in [1.807, 2.05) is 0 Å². The lowest BCUT2D eigenvalue weighted by atomic mass is 10.2. The Hall–Kier alpha value is -3.27. The molecule has 0 spiro atoms. The van der Waals surface area contributed by atoms with Crippen LogP contribution in [0.3, 0.4) is 0 Å². The number of halogens is 4. The van der Waals surface area contributed by atoms with Gasteiger partial charge in [0.1, 0.15) is 18.0 Å². The van der Waals surface area contributed by atoms with Gasteiger partial charge < -0.3 is 14.0 Å². The van der Waals surface area contributed by atoms with E-state index in [0.29, 0.717) is 22.0 Å². The van der Waals surface area contributed by atoms with Gasteiger partial charge >= 0.3 is 6.36 Å². The smallest absolute Gasteiger partial charge is 0.482 e. The fraction of sp³-hybridized carbons (Fsp3) is 0.167. The molecule has 1 aliphatic heterocycles. The number of carbonyl (C=O) groups is 1. The first-order valence-electron chi connectivity index (χ1n) is 8.20. The summed E-state index contributed by atoms with van der Waals surface area (Å²) in [6, 6.07) is 9.89. The lowest BCUT2D eigenvalue weighted by Gasteiger charge is -2.28. The van der Waals surface area contributed by atoms with Crippen molar-refractivity contribution < 1.29 is 32.0 Å². The second-order valence-corrected chi connectivity index (χ2v) is 6.40. The Morgan fingerprint density at radius 1 is 1.17 bits per heavy atom. The largest absolute Gasteiger partial charge is 0.573 e. The molecule has 1 amide bonds. The predicted octanol–water partition coefficient (Wildman–Crippen LogP) is 4.21. The molecular formula is C18H11ClF3N3O4. The summed E-state index contributed by atoms with van der Waals surface area (Å²) in [5, 5.41) is 4.28. The third-order valence-corrected chi connectivity index (χ3v) is 4.21. The molecule has 0 atom stereocenters. The van der Waals surface area contributed by atoms with Crippen LogP contribution < -0.4 is 14.4 Å². The van der Waals surface area contributed by atoms with Crippen LogP contribution in [-0.4, -0.2) is 29.0 Å². The summed E-state index contributed by atoms with van der Waals surface area (Å²) < 4.78 is 51.1. The molecule has 1 aliphatic rings. The van der Waals surface area contributed by atoms with Crippen molar-refractivity contribution in [3.8, 4) is 22.9 Å². The minimum absolute atomic E-state index is 0.000899. The van der Waals surface area contributed by atoms with E-state index in [4.69, 9.17) is 20.9 Å². The molecule has 7 nitrogen and oxygen atoms in total. The molecule has 2 aromatic carbocycles. The van der Waals surface area contributed by atoms with Crippen LogP contribution in [0.2, 0.25) is 5.02 Å². The number of ether oxygens (including phenoxy) is 2. The van der Waals surface area contributed by atoms with Crippen molar-refractivity contribution in [3.05, 3.63) is 53.4 Å². The van der Waals surface area contributed by atoms with Crippen molar-refractivity contribution in [3.63, 3.8) is 0 Å². The van der Waals surface area contributed by atoms with Crippen molar-refractivity contribution in [2.45, 2.75) is 12.9 Å². The van der Waals surface area contributed by atoms with Gasteiger partial charge in [0.25, 0.3) is 5.91 Å². The molecule has 0 saturated carbocycles. The molecule has 11 heteroatoms. The van der Waals surface area contributed by atoms with Gasteiger partial charge in [0.2, 0.25) is 11.7 Å². The van der Waals surface area contributed by atoms with Crippen LogP contribution in [0.4, 0.5) is 18.9 Å². The molecule has 0 fully saturated rings. The van der Waals surface area contributed by atoms with Gasteiger partial charge in [-0.05, 0) is 36.4 Å². The number of nitrogens with zero attached hydrogens (tertiary/aromatic N) is 3. The Morgan fingerprint density at radius 2 is 1.93 bits per heavy atom. The van der Waals surface area contributed by atoms with Crippen LogP contribution >= 0.6 is 11.6 Å². The molecule has 0 bridgehead atoms. The topological polar surface area (TPSA) is 77.7 Å². The van der Waals surface area contributed by atoms with E-state index in [0.717, 1.165) is 12.1 Å². The van der Waals surface area contributed by atoms with E-state index < -0.39 is 6.36 Å². The first-order chi connectivity index (χ1) is 13.8. The zero-order chi connectivity index (χ0) is 20.6. The highest BCUT2D eigenvalue weighted by Gasteiger charge is 2.31. The van der Waals surface area contributed by atoms with Gasteiger partial charge in [-0.25, -0.2) is 0 Å². The number of hydrogen-bond donors (Lipinski definition) is 0. The average Bonchev–Trinajstić information content (AvgIpc) is 3.12. The molecule has 3 aromatic rings. The summed E-state index contributed by atoms with van der Waals surface area (Å²) in [5.74, 6) is 0.104. The van der Waals surface area contributed by atoms with Crippen LogP contribution in [0.1, 0.15) is 5.89 Å². The Bertz CT molecular complexity index is 1050. The van der Waals surface area contributed by atoms with E-state index in [-0.39, 0.29) is 36.5 Å². The standard InChI is InChI=1S/C18H11ClF3N3O4/c19-11-3-6-13-14(7-11)27-9-16(26)25(13)8-15-23-17(24-29-15)10-1-4-12(5-2-10)28-18(20,21)22/h1-7H,8-9H2. The molecule has 4 rings (SSSR count). The van der Waals surface area contributed by atoms with Crippen molar-refractivity contribution >= 4 is 23.2 Å². The maximum atomic E-state index is 12.2. The fourth-order valence-electron chi connectivity index (χ4n) is 2.73. The normalized spacial score (nSPS) is 13.8. The highest BCUT2D eigenvalue weighted by molar-refractivity contribution is 6.30. The zero-order valence-electron chi connectivity index (χ0n) is 14.4. The maximum Gasteiger partial charge on any atom is 0.573 e. The third kappa shape index (κ3) is 4.27. The summed E-state index contributed by atoms with van der Waals surface area (Å²) >= 11 is 5.94. The van der Waals surface area contributed by atoms with E-state index in [1.54, 1.807) is 18.2 Å². The van der Waals surface area contributed by atoms with Crippen LogP contribution in [0.5, 0.6) is 11.5 Å². The number of carbonyl (C=O) groups excluding carboxylic acids is 1. The molecule has 0 saturated heterocycles. The SMILES string of the molecule is O=C1COc2cc(Cl)ccc2N1Cc1nc(-c2ccc(OC(F)(F)F)cc2)no1. The number of amides is 1. The molecule has 150 valence electrons. The van der Waals surface area contributed by atoms with E-state index in [1.165, 1.54) is 17.0 Å². The Labute approximate surface area is 166 Å². The molecule has 1 aromatic heterocycles. The number of rotatable bonds is 4. The summed E-state index contributed by atoms with van der Waals surface area (Å²) in [6.45, 7) is -0.159. The number of hydrogen-bond acceptors (Lipinski definition) is 6. The van der Waals surface area contributed by atoms with Gasteiger partial charge in [0.05, 0.1) is 5.69 Å². The van der Waals surface area contributed by atoms with E-state index in [2.05, 4.69) is 14.9 Å². The lowest BCUT2D eigenvalue weighted by Crippen LogP contribution is -2.38. The minimum atomic E-state index is -4.77. The van der Waals surface area contributed by atoms with Gasteiger partial charge in [0, 0.05) is 16.7 Å². The summed E-state index contributed by atoms with van der Waals surface area (Å²) in [4.78, 5) is 17.9. The van der Waals surface area contributed by atoms with Crippen molar-refractivity contribution in [1.82, 2.24) is 10.1 Å². The average molecular weight is 426 g/mol. The molecule has 0 radical (unpaired) electrons. The number of alkyl halides is 3. The van der Waals surface area contributed by atoms with Crippen molar-refractivity contribution in [2.75, 3.05) is 11.5 Å². The van der Waals surface area contributed by atoms with Crippen molar-refractivity contribution in [1.29, 1.82) is 0 Å². The number of anilines is 1. The van der Waals surface area contributed by atoms with E-state index in [9.17, 15) is 18.0 Å².